The molecular formula is C33H32Br2N4O2. The van der Waals surface area contributed by atoms with Crippen molar-refractivity contribution in [2.75, 3.05) is 15.5 Å². The van der Waals surface area contributed by atoms with E-state index >= 15 is 0 Å². The van der Waals surface area contributed by atoms with Crippen LogP contribution in [-0.4, -0.2) is 22.3 Å². The van der Waals surface area contributed by atoms with Crippen LogP contribution in [0.1, 0.15) is 61.2 Å². The summed E-state index contributed by atoms with van der Waals surface area (Å²) >= 11 is 6.97. The molecule has 0 saturated carbocycles. The summed E-state index contributed by atoms with van der Waals surface area (Å²) < 4.78 is 1.60. The number of fused-ring (bicyclic) bond motifs is 1. The molecule has 5 rings (SSSR count). The summed E-state index contributed by atoms with van der Waals surface area (Å²) in [5.41, 5.74) is 4.97. The number of amides is 2. The van der Waals surface area contributed by atoms with Gasteiger partial charge in [-0.2, -0.15) is 0 Å². The Hall–Kier alpha value is -3.49. The maximum atomic E-state index is 13.6. The fourth-order valence-electron chi connectivity index (χ4n) is 6.07. The van der Waals surface area contributed by atoms with Gasteiger partial charge < -0.3 is 15.5 Å². The number of aromatic nitrogens is 1. The third-order valence-corrected chi connectivity index (χ3v) is 8.58. The van der Waals surface area contributed by atoms with Crippen LogP contribution in [-0.2, 0) is 16.8 Å². The minimum Gasteiger partial charge on any atom is -0.379 e. The molecule has 1 unspecified atom stereocenters. The van der Waals surface area contributed by atoms with Crippen LogP contribution in [0.2, 0.25) is 0 Å². The van der Waals surface area contributed by atoms with Crippen LogP contribution in [0.15, 0.2) is 94.1 Å². The average molecular weight is 676 g/mol. The zero-order valence-electron chi connectivity index (χ0n) is 23.5. The normalized spacial score (nSPS) is 17.5. The van der Waals surface area contributed by atoms with E-state index in [1.165, 1.54) is 0 Å². The van der Waals surface area contributed by atoms with E-state index < -0.39 is 11.0 Å². The summed E-state index contributed by atoms with van der Waals surface area (Å²) in [5, 5.41) is 6.66. The second-order valence-corrected chi connectivity index (χ2v) is 13.1. The Morgan fingerprint density at radius 1 is 0.927 bits per heavy atom. The highest BCUT2D eigenvalue weighted by Crippen LogP contribution is 2.52. The summed E-state index contributed by atoms with van der Waals surface area (Å²) in [6, 6.07) is 23.7. The number of carbonyl (C=O) groups excluding carboxylic acids is 2. The van der Waals surface area contributed by atoms with Gasteiger partial charge in [0.15, 0.2) is 0 Å². The maximum absolute atomic E-state index is 13.6. The van der Waals surface area contributed by atoms with E-state index in [0.29, 0.717) is 24.2 Å². The third kappa shape index (κ3) is 5.95. The van der Waals surface area contributed by atoms with Crippen molar-refractivity contribution in [2.45, 2.75) is 51.6 Å². The van der Waals surface area contributed by atoms with Gasteiger partial charge >= 0.3 is 0 Å². The minimum atomic E-state index is -0.447. The first-order valence-electron chi connectivity index (χ1n) is 13.4. The lowest BCUT2D eigenvalue weighted by molar-refractivity contribution is -0.117. The van der Waals surface area contributed by atoms with Crippen LogP contribution in [0.25, 0.3) is 0 Å². The van der Waals surface area contributed by atoms with Crippen molar-refractivity contribution in [1.29, 1.82) is 0 Å². The predicted octanol–water partition coefficient (Wildman–Crippen LogP) is 8.31. The van der Waals surface area contributed by atoms with Crippen molar-refractivity contribution in [3.8, 4) is 0 Å². The number of carbonyl (C=O) groups is 2. The quantitative estimate of drug-likeness (QED) is 0.216. The number of halogens is 2. The van der Waals surface area contributed by atoms with Gasteiger partial charge in [-0.3, -0.25) is 14.6 Å². The fourth-order valence-corrected chi connectivity index (χ4v) is 7.36. The van der Waals surface area contributed by atoms with Gasteiger partial charge in [0.2, 0.25) is 5.91 Å². The highest BCUT2D eigenvalue weighted by atomic mass is 79.9. The molecule has 41 heavy (non-hydrogen) atoms. The number of pyridine rings is 1. The highest BCUT2D eigenvalue weighted by Gasteiger charge is 2.47. The molecule has 2 amide bonds. The number of anilines is 3. The average Bonchev–Trinajstić information content (AvgIpc) is 2.92. The van der Waals surface area contributed by atoms with Gasteiger partial charge in [-0.25, -0.2) is 0 Å². The molecule has 0 aliphatic carbocycles. The summed E-state index contributed by atoms with van der Waals surface area (Å²) in [6.45, 7) is 8.56. The van der Waals surface area contributed by atoms with E-state index in [4.69, 9.17) is 0 Å². The molecule has 0 radical (unpaired) electrons. The Morgan fingerprint density at radius 3 is 2.27 bits per heavy atom. The van der Waals surface area contributed by atoms with Crippen molar-refractivity contribution >= 4 is 60.7 Å². The number of nitrogens with one attached hydrogen (secondary N) is 2. The summed E-state index contributed by atoms with van der Waals surface area (Å²) in [6.07, 6.45) is 4.26. The van der Waals surface area contributed by atoms with Crippen molar-refractivity contribution < 1.29 is 9.59 Å². The van der Waals surface area contributed by atoms with Gasteiger partial charge in [-0.05, 0) is 73.4 Å². The lowest BCUT2D eigenvalue weighted by Gasteiger charge is -2.51. The van der Waals surface area contributed by atoms with Gasteiger partial charge in [0.1, 0.15) is 0 Å². The van der Waals surface area contributed by atoms with Crippen molar-refractivity contribution in [3.63, 3.8) is 0 Å². The van der Waals surface area contributed by atoms with Gasteiger partial charge in [0, 0.05) is 51.3 Å². The van der Waals surface area contributed by atoms with Gasteiger partial charge in [0.05, 0.1) is 17.1 Å². The van der Waals surface area contributed by atoms with E-state index in [9.17, 15) is 9.59 Å². The molecule has 2 heterocycles. The minimum absolute atomic E-state index is 0.0275. The SMILES string of the molecule is CC(=O)N1c2cc(NCc3cccnc3)c(NC(=O)c3cc(Br)cc(Br)c3)cc2C(C)(c2ccccc2)CC1(C)C. The number of nitrogens with zero attached hydrogens (tertiary/aromatic N) is 2. The molecule has 8 heteroatoms. The summed E-state index contributed by atoms with van der Waals surface area (Å²) in [4.78, 5) is 32.8. The van der Waals surface area contributed by atoms with Gasteiger partial charge in [-0.1, -0.05) is 75.2 Å². The Balaban J connectivity index is 1.68. The molecule has 4 aromatic rings. The summed E-state index contributed by atoms with van der Waals surface area (Å²) in [5.74, 6) is -0.266. The van der Waals surface area contributed by atoms with Crippen LogP contribution < -0.4 is 15.5 Å². The van der Waals surface area contributed by atoms with E-state index in [0.717, 1.165) is 37.0 Å². The van der Waals surface area contributed by atoms with Crippen molar-refractivity contribution in [3.05, 3.63) is 116 Å². The first-order valence-corrected chi connectivity index (χ1v) is 15.0. The Kier molecular flexibility index (Phi) is 8.08. The molecule has 1 aliphatic rings. The molecule has 1 aromatic heterocycles. The highest BCUT2D eigenvalue weighted by molar-refractivity contribution is 9.11. The standard InChI is InChI=1S/C33H32Br2N4O2/c1-21(40)39-30-17-28(37-19-22-9-8-12-36-18-22)29(38-31(41)23-13-25(34)15-26(35)14-23)16-27(30)33(4,20-32(39,2)3)24-10-6-5-7-11-24/h5-18,37H,19-20H2,1-4H3,(H,38,41). The summed E-state index contributed by atoms with van der Waals surface area (Å²) in [7, 11) is 0. The van der Waals surface area contributed by atoms with Crippen molar-refractivity contribution in [2.24, 2.45) is 0 Å². The molecule has 0 spiro atoms. The zero-order valence-corrected chi connectivity index (χ0v) is 26.6. The van der Waals surface area contributed by atoms with Crippen LogP contribution in [0.3, 0.4) is 0 Å². The van der Waals surface area contributed by atoms with Crippen LogP contribution >= 0.6 is 31.9 Å². The number of hydrogen-bond acceptors (Lipinski definition) is 4. The largest absolute Gasteiger partial charge is 0.379 e. The zero-order chi connectivity index (χ0) is 29.4. The molecule has 0 bridgehead atoms. The van der Waals surface area contributed by atoms with Gasteiger partial charge in [-0.15, -0.1) is 0 Å². The lowest BCUT2D eigenvalue weighted by Crippen LogP contribution is -2.55. The molecule has 3 aromatic carbocycles. The number of benzene rings is 3. The van der Waals surface area contributed by atoms with Crippen molar-refractivity contribution in [1.82, 2.24) is 4.98 Å². The third-order valence-electron chi connectivity index (χ3n) is 7.67. The molecular weight excluding hydrogens is 644 g/mol. The second-order valence-electron chi connectivity index (χ2n) is 11.3. The van der Waals surface area contributed by atoms with E-state index in [1.54, 1.807) is 31.5 Å². The maximum Gasteiger partial charge on any atom is 0.255 e. The number of rotatable bonds is 6. The molecule has 0 fully saturated rings. The smallest absolute Gasteiger partial charge is 0.255 e. The monoisotopic (exact) mass is 674 g/mol. The number of hydrogen-bond donors (Lipinski definition) is 2. The van der Waals surface area contributed by atoms with E-state index in [1.807, 2.05) is 53.4 Å². The van der Waals surface area contributed by atoms with Crippen LogP contribution in [0.5, 0.6) is 0 Å². The first kappa shape index (κ1) is 29.0. The van der Waals surface area contributed by atoms with E-state index in [-0.39, 0.29) is 11.8 Å². The first-order chi connectivity index (χ1) is 19.5. The topological polar surface area (TPSA) is 74.3 Å². The Bertz CT molecular complexity index is 1590. The molecule has 0 saturated heterocycles. The fraction of sp³-hybridized carbons (Fsp3) is 0.242. The molecule has 6 nitrogen and oxygen atoms in total. The molecule has 2 N–H and O–H groups in total. The van der Waals surface area contributed by atoms with E-state index in [2.05, 4.69) is 80.4 Å². The predicted molar refractivity (Wildman–Crippen MR) is 173 cm³/mol. The van der Waals surface area contributed by atoms with Crippen LogP contribution in [0.4, 0.5) is 17.1 Å². The molecule has 1 atom stereocenters. The lowest BCUT2D eigenvalue weighted by atomic mass is 9.65. The van der Waals surface area contributed by atoms with Crippen LogP contribution in [0, 0.1) is 0 Å². The Labute approximate surface area is 257 Å². The Morgan fingerprint density at radius 2 is 1.63 bits per heavy atom. The molecule has 1 aliphatic heterocycles. The molecule has 210 valence electrons. The van der Waals surface area contributed by atoms with Gasteiger partial charge in [0.25, 0.3) is 5.91 Å². The second kappa shape index (κ2) is 11.4.